The standard InChI is InChI=1S/C15H25N3O8/c1-8(20)16-5-3-9-4-6-26-15(10(21)13(2,24)7-19)12(23)17-14(9,25)11(22)18-15/h9-10,19,21,24-25H,3-7H2,1-2H3,(H,16,20)(H,17,23)(H,18,22)/t9-,10-,13-,14-,15+/m1/s1. The topological polar surface area (TPSA) is 177 Å². The molecule has 0 unspecified atom stereocenters. The third-order valence-electron chi connectivity index (χ3n) is 4.83. The zero-order chi connectivity index (χ0) is 19.8. The molecule has 3 amide bonds. The van der Waals surface area contributed by atoms with Gasteiger partial charge in [-0.05, 0) is 19.8 Å². The Hall–Kier alpha value is -1.79. The minimum absolute atomic E-state index is 0.126. The molecule has 11 nitrogen and oxygen atoms in total. The summed E-state index contributed by atoms with van der Waals surface area (Å²) in [6.45, 7) is 1.56. The van der Waals surface area contributed by atoms with E-state index in [0.717, 1.165) is 6.92 Å². The Morgan fingerprint density at radius 1 is 1.42 bits per heavy atom. The first-order chi connectivity index (χ1) is 12.0. The van der Waals surface area contributed by atoms with E-state index in [2.05, 4.69) is 16.0 Å². The van der Waals surface area contributed by atoms with Crippen LogP contribution >= 0.6 is 0 Å². The van der Waals surface area contributed by atoms with Crippen LogP contribution in [0.4, 0.5) is 0 Å². The molecule has 0 aromatic heterocycles. The molecule has 3 heterocycles. The normalized spacial score (nSPS) is 34.8. The smallest absolute Gasteiger partial charge is 0.278 e. The van der Waals surface area contributed by atoms with Gasteiger partial charge in [0.25, 0.3) is 17.5 Å². The lowest BCUT2D eigenvalue weighted by Gasteiger charge is -2.51. The van der Waals surface area contributed by atoms with Gasteiger partial charge in [-0.1, -0.05) is 0 Å². The largest absolute Gasteiger partial charge is 0.393 e. The number of amides is 3. The zero-order valence-corrected chi connectivity index (χ0v) is 14.6. The highest BCUT2D eigenvalue weighted by Gasteiger charge is 2.64. The van der Waals surface area contributed by atoms with Crippen LogP contribution in [0.3, 0.4) is 0 Å². The Labute approximate surface area is 149 Å². The van der Waals surface area contributed by atoms with E-state index in [9.17, 15) is 34.8 Å². The van der Waals surface area contributed by atoms with Crippen LogP contribution in [-0.2, 0) is 19.1 Å². The number of fused-ring (bicyclic) bond motifs is 5. The van der Waals surface area contributed by atoms with Gasteiger partial charge in [0.2, 0.25) is 11.6 Å². The summed E-state index contributed by atoms with van der Waals surface area (Å²) in [7, 11) is 0. The van der Waals surface area contributed by atoms with Gasteiger partial charge in [-0.15, -0.1) is 0 Å². The molecular formula is C15H25N3O8. The van der Waals surface area contributed by atoms with Gasteiger partial charge in [0.15, 0.2) is 0 Å². The summed E-state index contributed by atoms with van der Waals surface area (Å²) in [5.74, 6) is -3.10. The maximum Gasteiger partial charge on any atom is 0.278 e. The van der Waals surface area contributed by atoms with Crippen LogP contribution < -0.4 is 16.0 Å². The predicted octanol–water partition coefficient (Wildman–Crippen LogP) is -3.72. The first kappa shape index (κ1) is 20.5. The van der Waals surface area contributed by atoms with Crippen molar-refractivity contribution in [1.29, 1.82) is 0 Å². The summed E-state index contributed by atoms with van der Waals surface area (Å²) in [5, 5.41) is 47.3. The SMILES string of the molecule is CC(=O)NCC[C@@H]1CCO[C@]2([C@H](O)[C@](C)(O)CO)NC(=O)[C@@]1(O)NC2=O. The Kier molecular flexibility index (Phi) is 5.59. The first-order valence-corrected chi connectivity index (χ1v) is 8.27. The van der Waals surface area contributed by atoms with E-state index < -0.39 is 47.5 Å². The molecule has 3 aliphatic rings. The molecule has 0 spiro atoms. The van der Waals surface area contributed by atoms with E-state index in [1.165, 1.54) is 6.92 Å². The van der Waals surface area contributed by atoms with Crippen LogP contribution in [0.25, 0.3) is 0 Å². The second-order valence-corrected chi connectivity index (χ2v) is 6.93. The molecule has 0 aromatic rings. The van der Waals surface area contributed by atoms with Crippen LogP contribution in [-0.4, -0.2) is 81.1 Å². The zero-order valence-electron chi connectivity index (χ0n) is 14.6. The van der Waals surface area contributed by atoms with Gasteiger partial charge >= 0.3 is 0 Å². The van der Waals surface area contributed by atoms with Crippen molar-refractivity contribution in [2.24, 2.45) is 5.92 Å². The maximum absolute atomic E-state index is 12.6. The van der Waals surface area contributed by atoms with Gasteiger partial charge in [0.1, 0.15) is 11.7 Å². The fraction of sp³-hybridized carbons (Fsp3) is 0.800. The molecule has 7 N–H and O–H groups in total. The Balaban J connectivity index is 2.28. The van der Waals surface area contributed by atoms with Gasteiger partial charge in [0.05, 0.1) is 13.2 Å². The number of aliphatic hydroxyl groups excluding tert-OH is 2. The monoisotopic (exact) mass is 375 g/mol. The molecule has 3 fully saturated rings. The van der Waals surface area contributed by atoms with Crippen molar-refractivity contribution in [2.75, 3.05) is 19.8 Å². The van der Waals surface area contributed by atoms with Gasteiger partial charge in [-0.25, -0.2) is 0 Å². The molecular weight excluding hydrogens is 350 g/mol. The Morgan fingerprint density at radius 2 is 2.08 bits per heavy atom. The molecule has 3 aliphatic heterocycles. The van der Waals surface area contributed by atoms with Crippen LogP contribution in [0.2, 0.25) is 0 Å². The number of aliphatic hydroxyl groups is 4. The number of hydrogen-bond acceptors (Lipinski definition) is 8. The van der Waals surface area contributed by atoms with Crippen molar-refractivity contribution < 1.29 is 39.5 Å². The van der Waals surface area contributed by atoms with Gasteiger partial charge < -0.3 is 41.1 Å². The lowest BCUT2D eigenvalue weighted by molar-refractivity contribution is -0.241. The summed E-state index contributed by atoms with van der Waals surface area (Å²) >= 11 is 0. The summed E-state index contributed by atoms with van der Waals surface area (Å²) < 4.78 is 5.43. The van der Waals surface area contributed by atoms with E-state index >= 15 is 0 Å². The fourth-order valence-electron chi connectivity index (χ4n) is 3.18. The van der Waals surface area contributed by atoms with Gasteiger partial charge in [-0.3, -0.25) is 14.4 Å². The van der Waals surface area contributed by atoms with Crippen LogP contribution in [0.1, 0.15) is 26.7 Å². The molecule has 26 heavy (non-hydrogen) atoms. The van der Waals surface area contributed by atoms with Crippen LogP contribution in [0.15, 0.2) is 0 Å². The molecule has 3 saturated heterocycles. The minimum Gasteiger partial charge on any atom is -0.393 e. The summed E-state index contributed by atoms with van der Waals surface area (Å²) in [5.41, 5.74) is -6.75. The van der Waals surface area contributed by atoms with Gasteiger partial charge in [0, 0.05) is 19.4 Å². The van der Waals surface area contributed by atoms with Crippen LogP contribution in [0.5, 0.6) is 0 Å². The Morgan fingerprint density at radius 3 is 2.65 bits per heavy atom. The third kappa shape index (κ3) is 3.40. The molecule has 11 heteroatoms. The highest BCUT2D eigenvalue weighted by atomic mass is 16.5. The highest BCUT2D eigenvalue weighted by Crippen LogP contribution is 2.35. The number of carbonyl (C=O) groups excluding carboxylic acids is 3. The van der Waals surface area contributed by atoms with E-state index in [-0.39, 0.29) is 31.9 Å². The van der Waals surface area contributed by atoms with Crippen molar-refractivity contribution in [2.45, 2.75) is 49.8 Å². The second-order valence-electron chi connectivity index (χ2n) is 6.93. The lowest BCUT2D eigenvalue weighted by atomic mass is 9.81. The molecule has 0 aromatic carbocycles. The van der Waals surface area contributed by atoms with Crippen LogP contribution in [0, 0.1) is 5.92 Å². The molecule has 0 saturated carbocycles. The Bertz CT molecular complexity index is 597. The molecule has 0 radical (unpaired) electrons. The fourth-order valence-corrected chi connectivity index (χ4v) is 3.18. The van der Waals surface area contributed by atoms with E-state index in [1.54, 1.807) is 0 Å². The first-order valence-electron chi connectivity index (χ1n) is 8.27. The van der Waals surface area contributed by atoms with Crippen molar-refractivity contribution in [1.82, 2.24) is 16.0 Å². The van der Waals surface area contributed by atoms with Crippen molar-refractivity contribution in [3.05, 3.63) is 0 Å². The second kappa shape index (κ2) is 7.08. The lowest BCUT2D eigenvalue weighted by Crippen LogP contribution is -2.83. The van der Waals surface area contributed by atoms with E-state index in [0.29, 0.717) is 0 Å². The molecule has 0 aliphatic carbocycles. The molecule has 5 atom stereocenters. The van der Waals surface area contributed by atoms with Crippen molar-refractivity contribution in [3.8, 4) is 0 Å². The van der Waals surface area contributed by atoms with E-state index in [1.807, 2.05) is 0 Å². The maximum atomic E-state index is 12.6. The average molecular weight is 375 g/mol. The summed E-state index contributed by atoms with van der Waals surface area (Å²) in [4.78, 5) is 36.1. The quantitative estimate of drug-likeness (QED) is 0.248. The highest BCUT2D eigenvalue weighted by molar-refractivity contribution is 6.01. The number of nitrogens with one attached hydrogen (secondary N) is 3. The third-order valence-corrected chi connectivity index (χ3v) is 4.83. The van der Waals surface area contributed by atoms with Gasteiger partial charge in [-0.2, -0.15) is 0 Å². The minimum atomic E-state index is -2.35. The number of rotatable bonds is 6. The molecule has 148 valence electrons. The summed E-state index contributed by atoms with van der Waals surface area (Å²) in [6.07, 6.45) is -1.67. The number of hydrogen-bond donors (Lipinski definition) is 7. The van der Waals surface area contributed by atoms with Crippen molar-refractivity contribution >= 4 is 17.7 Å². The van der Waals surface area contributed by atoms with E-state index in [4.69, 9.17) is 4.74 Å². The predicted molar refractivity (Wildman–Crippen MR) is 85.0 cm³/mol. The average Bonchev–Trinajstić information content (AvgIpc) is 2.55. The number of piperazine rings is 1. The molecule has 3 rings (SSSR count). The van der Waals surface area contributed by atoms with Crippen molar-refractivity contribution in [3.63, 3.8) is 0 Å². The molecule has 2 bridgehead atoms. The summed E-state index contributed by atoms with van der Waals surface area (Å²) in [6, 6.07) is 0. The number of carbonyl (C=O) groups is 3. The number of ether oxygens (including phenoxy) is 1.